The van der Waals surface area contributed by atoms with Gasteiger partial charge in [0.05, 0.1) is 6.04 Å². The highest BCUT2D eigenvalue weighted by Gasteiger charge is 2.22. The van der Waals surface area contributed by atoms with Crippen molar-refractivity contribution in [1.82, 2.24) is 9.69 Å². The van der Waals surface area contributed by atoms with E-state index in [2.05, 4.69) is 15.0 Å². The van der Waals surface area contributed by atoms with Crippen molar-refractivity contribution in [2.75, 3.05) is 11.9 Å². The molecule has 1 aromatic heterocycles. The molecule has 1 rings (SSSR count). The van der Waals surface area contributed by atoms with E-state index in [1.807, 2.05) is 40.7 Å². The minimum absolute atomic E-state index is 0.151. The summed E-state index contributed by atoms with van der Waals surface area (Å²) in [6.45, 7) is 9.88. The molecular formula is C14H21ClN4O2S. The van der Waals surface area contributed by atoms with Crippen molar-refractivity contribution in [3.63, 3.8) is 0 Å². The molecule has 8 heteroatoms. The number of halogens is 1. The van der Waals surface area contributed by atoms with Crippen LogP contribution < -0.4 is 10.6 Å². The molecular weight excluding hydrogens is 324 g/mol. The topological polar surface area (TPSA) is 87.0 Å². The number of carbonyl (C=O) groups excluding carboxylic acids is 1. The zero-order valence-corrected chi connectivity index (χ0v) is 14.9. The number of ether oxygens (including phenoxy) is 1. The number of nitrogens with zero attached hydrogens (tertiary/aromatic N) is 2. The van der Waals surface area contributed by atoms with Crippen molar-refractivity contribution in [2.45, 2.75) is 46.3 Å². The zero-order valence-electron chi connectivity index (χ0n) is 13.4. The molecule has 0 fully saturated rings. The monoisotopic (exact) mass is 344 g/mol. The summed E-state index contributed by atoms with van der Waals surface area (Å²) < 4.78 is 9.19. The van der Waals surface area contributed by atoms with E-state index >= 15 is 0 Å². The smallest absolute Gasteiger partial charge is 0.407 e. The second-order valence-electron chi connectivity index (χ2n) is 6.17. The number of hydrogen-bond donors (Lipinski definition) is 2. The number of nitrogens with one attached hydrogen (secondary N) is 2. The number of rotatable bonds is 5. The molecule has 0 spiro atoms. The predicted molar refractivity (Wildman–Crippen MR) is 88.3 cm³/mol. The Labute approximate surface area is 140 Å². The summed E-state index contributed by atoms with van der Waals surface area (Å²) >= 11 is 6.95. The first-order chi connectivity index (χ1) is 10.1. The highest BCUT2D eigenvalue weighted by atomic mass is 35.5. The van der Waals surface area contributed by atoms with Gasteiger partial charge in [0.25, 0.3) is 0 Å². The SMILES string of the molecule is CC(C)C(CNc1snc(Cl)c1C#N)NC(=O)OC(C)(C)C. The Hall–Kier alpha value is -1.52. The summed E-state index contributed by atoms with van der Waals surface area (Å²) in [4.78, 5) is 11.9. The van der Waals surface area contributed by atoms with Gasteiger partial charge in [-0.15, -0.1) is 0 Å². The van der Waals surface area contributed by atoms with Crippen LogP contribution in [0.5, 0.6) is 0 Å². The van der Waals surface area contributed by atoms with Gasteiger partial charge in [0.2, 0.25) is 0 Å². The highest BCUT2D eigenvalue weighted by molar-refractivity contribution is 7.10. The molecule has 0 bridgehead atoms. The quantitative estimate of drug-likeness (QED) is 0.851. The number of anilines is 1. The zero-order chi connectivity index (χ0) is 16.9. The van der Waals surface area contributed by atoms with Gasteiger partial charge in [-0.3, -0.25) is 0 Å². The molecule has 0 aromatic carbocycles. The Morgan fingerprint density at radius 2 is 2.14 bits per heavy atom. The van der Waals surface area contributed by atoms with Crippen LogP contribution in [0.3, 0.4) is 0 Å². The maximum Gasteiger partial charge on any atom is 0.407 e. The molecule has 1 amide bonds. The van der Waals surface area contributed by atoms with Crippen LogP contribution >= 0.6 is 23.1 Å². The van der Waals surface area contributed by atoms with E-state index in [1.54, 1.807) is 0 Å². The number of hydrogen-bond acceptors (Lipinski definition) is 6. The Balaban J connectivity index is 2.66. The van der Waals surface area contributed by atoms with E-state index in [0.29, 0.717) is 17.1 Å². The van der Waals surface area contributed by atoms with E-state index < -0.39 is 11.7 Å². The van der Waals surface area contributed by atoms with Crippen LogP contribution in [0.1, 0.15) is 40.2 Å². The van der Waals surface area contributed by atoms with Crippen LogP contribution in [0.4, 0.5) is 9.80 Å². The van der Waals surface area contributed by atoms with Gasteiger partial charge in [-0.2, -0.15) is 9.64 Å². The third kappa shape index (κ3) is 5.70. The standard InChI is InChI=1S/C14H21ClN4O2S/c1-8(2)10(18-13(20)21-14(3,4)5)7-17-12-9(6-16)11(15)19-22-12/h8,10,17H,7H2,1-5H3,(H,18,20). The molecule has 2 N–H and O–H groups in total. The Kier molecular flexibility index (Phi) is 6.45. The molecule has 22 heavy (non-hydrogen) atoms. The number of amides is 1. The summed E-state index contributed by atoms with van der Waals surface area (Å²) in [5, 5.41) is 15.8. The molecule has 1 unspecified atom stereocenters. The van der Waals surface area contributed by atoms with Crippen LogP contribution in [0, 0.1) is 17.2 Å². The van der Waals surface area contributed by atoms with Crippen LogP contribution in [-0.4, -0.2) is 28.7 Å². The number of carbonyl (C=O) groups is 1. The Morgan fingerprint density at radius 1 is 1.50 bits per heavy atom. The summed E-state index contributed by atoms with van der Waals surface area (Å²) in [7, 11) is 0. The fourth-order valence-corrected chi connectivity index (χ4v) is 2.54. The van der Waals surface area contributed by atoms with Crippen molar-refractivity contribution >= 4 is 34.2 Å². The Bertz CT molecular complexity index is 560. The molecule has 122 valence electrons. The van der Waals surface area contributed by atoms with Gasteiger partial charge in [-0.05, 0) is 38.2 Å². The molecule has 0 radical (unpaired) electrons. The van der Waals surface area contributed by atoms with Crippen molar-refractivity contribution in [2.24, 2.45) is 5.92 Å². The van der Waals surface area contributed by atoms with Crippen molar-refractivity contribution < 1.29 is 9.53 Å². The van der Waals surface area contributed by atoms with Crippen molar-refractivity contribution in [1.29, 1.82) is 5.26 Å². The molecule has 0 aliphatic carbocycles. The van der Waals surface area contributed by atoms with Crippen LogP contribution in [-0.2, 0) is 4.74 Å². The van der Waals surface area contributed by atoms with E-state index in [-0.39, 0.29) is 17.1 Å². The van der Waals surface area contributed by atoms with E-state index in [0.717, 1.165) is 11.5 Å². The first kappa shape index (κ1) is 18.5. The number of aromatic nitrogens is 1. The molecule has 0 saturated carbocycles. The van der Waals surface area contributed by atoms with E-state index in [4.69, 9.17) is 21.6 Å². The maximum absolute atomic E-state index is 11.9. The molecule has 1 aromatic rings. The van der Waals surface area contributed by atoms with Gasteiger partial charge in [0.1, 0.15) is 22.2 Å². The summed E-state index contributed by atoms with van der Waals surface area (Å²) in [6, 6.07) is 1.86. The first-order valence-electron chi connectivity index (χ1n) is 6.92. The number of alkyl carbamates (subject to hydrolysis) is 1. The molecule has 6 nitrogen and oxygen atoms in total. The summed E-state index contributed by atoms with van der Waals surface area (Å²) in [6.07, 6.45) is -0.462. The average molecular weight is 345 g/mol. The molecule has 1 heterocycles. The molecule has 0 aliphatic rings. The fourth-order valence-electron chi connectivity index (χ4n) is 1.60. The van der Waals surface area contributed by atoms with E-state index in [9.17, 15) is 4.79 Å². The van der Waals surface area contributed by atoms with Gasteiger partial charge in [0.15, 0.2) is 5.15 Å². The summed E-state index contributed by atoms with van der Waals surface area (Å²) in [5.74, 6) is 0.189. The van der Waals surface area contributed by atoms with Crippen molar-refractivity contribution in [3.8, 4) is 6.07 Å². The van der Waals surface area contributed by atoms with Gasteiger partial charge >= 0.3 is 6.09 Å². The first-order valence-corrected chi connectivity index (χ1v) is 8.08. The van der Waals surface area contributed by atoms with Gasteiger partial charge < -0.3 is 15.4 Å². The normalized spacial score (nSPS) is 12.6. The molecule has 1 atom stereocenters. The highest BCUT2D eigenvalue weighted by Crippen LogP contribution is 2.27. The molecule has 0 saturated heterocycles. The number of nitriles is 1. The van der Waals surface area contributed by atoms with Crippen LogP contribution in [0.15, 0.2) is 0 Å². The molecule has 0 aliphatic heterocycles. The minimum atomic E-state index is -0.543. The van der Waals surface area contributed by atoms with Crippen LogP contribution in [0.25, 0.3) is 0 Å². The lowest BCUT2D eigenvalue weighted by Gasteiger charge is -2.26. The predicted octanol–water partition coefficient (Wildman–Crippen LogP) is 3.63. The largest absolute Gasteiger partial charge is 0.444 e. The lowest BCUT2D eigenvalue weighted by Crippen LogP contribution is -2.45. The average Bonchev–Trinajstić information content (AvgIpc) is 2.72. The lowest BCUT2D eigenvalue weighted by atomic mass is 10.0. The van der Waals surface area contributed by atoms with Gasteiger partial charge in [-0.1, -0.05) is 25.4 Å². The second-order valence-corrected chi connectivity index (χ2v) is 7.30. The second kappa shape index (κ2) is 7.65. The third-order valence-electron chi connectivity index (χ3n) is 2.75. The van der Waals surface area contributed by atoms with Crippen molar-refractivity contribution in [3.05, 3.63) is 10.7 Å². The van der Waals surface area contributed by atoms with Gasteiger partial charge in [0, 0.05) is 6.54 Å². The Morgan fingerprint density at radius 3 is 2.64 bits per heavy atom. The van der Waals surface area contributed by atoms with Crippen LogP contribution in [0.2, 0.25) is 5.15 Å². The summed E-state index contributed by atoms with van der Waals surface area (Å²) in [5.41, 5.74) is -0.218. The minimum Gasteiger partial charge on any atom is -0.444 e. The van der Waals surface area contributed by atoms with E-state index in [1.165, 1.54) is 0 Å². The van der Waals surface area contributed by atoms with Gasteiger partial charge in [-0.25, -0.2) is 4.79 Å². The lowest BCUT2D eigenvalue weighted by molar-refractivity contribution is 0.0494. The third-order valence-corrected chi connectivity index (χ3v) is 3.93. The maximum atomic E-state index is 11.9. The fraction of sp³-hybridized carbons (Fsp3) is 0.643.